The van der Waals surface area contributed by atoms with E-state index in [0.717, 1.165) is 48.5 Å². The van der Waals surface area contributed by atoms with E-state index in [4.69, 9.17) is 4.74 Å². The van der Waals surface area contributed by atoms with E-state index in [1.54, 1.807) is 4.90 Å². The molecule has 6 nitrogen and oxygen atoms in total. The fourth-order valence-corrected chi connectivity index (χ4v) is 3.86. The van der Waals surface area contributed by atoms with Crippen LogP contribution in [-0.4, -0.2) is 56.1 Å². The van der Waals surface area contributed by atoms with E-state index in [9.17, 15) is 9.59 Å². The van der Waals surface area contributed by atoms with Crippen LogP contribution < -0.4 is 10.2 Å². The van der Waals surface area contributed by atoms with Gasteiger partial charge in [0.25, 0.3) is 5.91 Å². The van der Waals surface area contributed by atoms with E-state index >= 15 is 0 Å². The van der Waals surface area contributed by atoms with Gasteiger partial charge in [-0.15, -0.1) is 0 Å². The van der Waals surface area contributed by atoms with Gasteiger partial charge < -0.3 is 19.9 Å². The largest absolute Gasteiger partial charge is 0.378 e. The molecule has 1 saturated heterocycles. The normalized spacial score (nSPS) is 13.8. The first-order valence-electron chi connectivity index (χ1n) is 10.7. The Balaban J connectivity index is 1.41. The van der Waals surface area contributed by atoms with Crippen molar-refractivity contribution < 1.29 is 14.3 Å². The first kappa shape index (κ1) is 20.9. The average molecular weight is 418 g/mol. The van der Waals surface area contributed by atoms with E-state index in [-0.39, 0.29) is 18.4 Å². The smallest absolute Gasteiger partial charge is 0.254 e. The van der Waals surface area contributed by atoms with Gasteiger partial charge in [-0.25, -0.2) is 0 Å². The molecule has 3 aromatic rings. The number of hydrogen-bond acceptors (Lipinski definition) is 4. The number of nitrogens with one attached hydrogen (secondary N) is 1. The van der Waals surface area contributed by atoms with Crippen LogP contribution in [0.3, 0.4) is 0 Å². The highest BCUT2D eigenvalue weighted by molar-refractivity contribution is 6.08. The molecular weight excluding hydrogens is 390 g/mol. The van der Waals surface area contributed by atoms with Crippen LogP contribution in [0.1, 0.15) is 17.3 Å². The summed E-state index contributed by atoms with van der Waals surface area (Å²) >= 11 is 0. The number of hydrogen-bond donors (Lipinski definition) is 1. The number of anilines is 2. The van der Waals surface area contributed by atoms with E-state index in [1.165, 1.54) is 0 Å². The summed E-state index contributed by atoms with van der Waals surface area (Å²) < 4.78 is 5.39. The van der Waals surface area contributed by atoms with Crippen molar-refractivity contribution in [3.05, 3.63) is 72.3 Å². The second kappa shape index (κ2) is 9.62. The average Bonchev–Trinajstić information content (AvgIpc) is 2.83. The molecule has 1 aliphatic rings. The van der Waals surface area contributed by atoms with Gasteiger partial charge in [-0.05, 0) is 48.0 Å². The van der Waals surface area contributed by atoms with E-state index in [0.29, 0.717) is 12.1 Å². The maximum Gasteiger partial charge on any atom is 0.254 e. The molecule has 2 amide bonds. The van der Waals surface area contributed by atoms with Gasteiger partial charge in [0.1, 0.15) is 6.54 Å². The van der Waals surface area contributed by atoms with Crippen LogP contribution in [0.4, 0.5) is 11.4 Å². The second-order valence-electron chi connectivity index (χ2n) is 7.54. The number of ether oxygens (including phenoxy) is 1. The van der Waals surface area contributed by atoms with Gasteiger partial charge in [0, 0.05) is 36.6 Å². The Morgan fingerprint density at radius 3 is 2.42 bits per heavy atom. The first-order chi connectivity index (χ1) is 15.2. The lowest BCUT2D eigenvalue weighted by atomic mass is 10.0. The summed E-state index contributed by atoms with van der Waals surface area (Å²) in [6.07, 6.45) is 0. The third kappa shape index (κ3) is 4.86. The number of fused-ring (bicyclic) bond motifs is 1. The molecule has 160 valence electrons. The summed E-state index contributed by atoms with van der Waals surface area (Å²) in [6.45, 7) is 5.54. The fourth-order valence-electron chi connectivity index (χ4n) is 3.86. The van der Waals surface area contributed by atoms with Gasteiger partial charge in [-0.2, -0.15) is 0 Å². The van der Waals surface area contributed by atoms with Crippen LogP contribution in [0.5, 0.6) is 0 Å². The highest BCUT2D eigenvalue weighted by Gasteiger charge is 2.19. The molecule has 31 heavy (non-hydrogen) atoms. The van der Waals surface area contributed by atoms with Crippen LogP contribution in [0.25, 0.3) is 10.8 Å². The third-order valence-electron chi connectivity index (χ3n) is 5.55. The molecule has 3 aromatic carbocycles. The Hall–Kier alpha value is -3.38. The number of rotatable bonds is 6. The van der Waals surface area contributed by atoms with Crippen LogP contribution in [0.15, 0.2) is 66.7 Å². The van der Waals surface area contributed by atoms with Gasteiger partial charge in [0.2, 0.25) is 5.91 Å². The number of nitrogens with zero attached hydrogens (tertiary/aromatic N) is 2. The number of morpholine rings is 1. The summed E-state index contributed by atoms with van der Waals surface area (Å²) in [4.78, 5) is 29.6. The molecule has 1 fully saturated rings. The van der Waals surface area contributed by atoms with Crippen LogP contribution in [-0.2, 0) is 9.53 Å². The summed E-state index contributed by atoms with van der Waals surface area (Å²) in [5.41, 5.74) is 2.45. The molecule has 4 rings (SSSR count). The minimum Gasteiger partial charge on any atom is -0.378 e. The molecule has 1 heterocycles. The molecular formula is C25H27N3O3. The van der Waals surface area contributed by atoms with Gasteiger partial charge in [-0.1, -0.05) is 36.4 Å². The standard InChI is InChI=1S/C25H27N3O3/c1-2-27(25(30)23-9-5-7-19-6-3-4-8-22(19)23)18-24(29)26-20-10-12-21(13-11-20)28-14-16-31-17-15-28/h3-13H,2,14-18H2,1H3,(H,26,29). The van der Waals surface area contributed by atoms with Crippen molar-refractivity contribution in [1.82, 2.24) is 4.90 Å². The zero-order valence-electron chi connectivity index (χ0n) is 17.7. The van der Waals surface area contributed by atoms with E-state index in [2.05, 4.69) is 10.2 Å². The van der Waals surface area contributed by atoms with Gasteiger partial charge in [0.05, 0.1) is 13.2 Å². The summed E-state index contributed by atoms with van der Waals surface area (Å²) in [7, 11) is 0. The highest BCUT2D eigenvalue weighted by atomic mass is 16.5. The minimum atomic E-state index is -0.213. The lowest BCUT2D eigenvalue weighted by Gasteiger charge is -2.29. The van der Waals surface area contributed by atoms with Crippen LogP contribution >= 0.6 is 0 Å². The van der Waals surface area contributed by atoms with Crippen LogP contribution in [0, 0.1) is 0 Å². The maximum absolute atomic E-state index is 13.1. The van der Waals surface area contributed by atoms with Crippen molar-refractivity contribution >= 4 is 34.0 Å². The van der Waals surface area contributed by atoms with Crippen molar-refractivity contribution in [2.75, 3.05) is 49.6 Å². The number of benzene rings is 3. The molecule has 0 unspecified atom stereocenters. The van der Waals surface area contributed by atoms with E-state index in [1.807, 2.05) is 73.7 Å². The molecule has 0 atom stereocenters. The molecule has 6 heteroatoms. The Morgan fingerprint density at radius 1 is 0.968 bits per heavy atom. The lowest BCUT2D eigenvalue weighted by Crippen LogP contribution is -2.38. The molecule has 0 aromatic heterocycles. The molecule has 0 radical (unpaired) electrons. The number of amides is 2. The monoisotopic (exact) mass is 417 g/mol. The van der Waals surface area contributed by atoms with Crippen molar-refractivity contribution in [3.8, 4) is 0 Å². The maximum atomic E-state index is 13.1. The zero-order chi connectivity index (χ0) is 21.6. The molecule has 0 spiro atoms. The van der Waals surface area contributed by atoms with Gasteiger partial charge >= 0.3 is 0 Å². The minimum absolute atomic E-state index is 0.00374. The van der Waals surface area contributed by atoms with Gasteiger partial charge in [-0.3, -0.25) is 9.59 Å². The lowest BCUT2D eigenvalue weighted by molar-refractivity contribution is -0.116. The number of carbonyl (C=O) groups excluding carboxylic acids is 2. The van der Waals surface area contributed by atoms with Crippen molar-refractivity contribution in [1.29, 1.82) is 0 Å². The molecule has 1 aliphatic heterocycles. The zero-order valence-corrected chi connectivity index (χ0v) is 17.7. The van der Waals surface area contributed by atoms with Crippen molar-refractivity contribution in [3.63, 3.8) is 0 Å². The molecule has 0 bridgehead atoms. The van der Waals surface area contributed by atoms with Crippen molar-refractivity contribution in [2.24, 2.45) is 0 Å². The predicted molar refractivity (Wildman–Crippen MR) is 124 cm³/mol. The topological polar surface area (TPSA) is 61.9 Å². The number of carbonyl (C=O) groups is 2. The summed E-state index contributed by atoms with van der Waals surface area (Å²) in [5, 5.41) is 4.81. The SMILES string of the molecule is CCN(CC(=O)Nc1ccc(N2CCOCC2)cc1)C(=O)c1cccc2ccccc12. The summed E-state index contributed by atoms with van der Waals surface area (Å²) in [5.74, 6) is -0.355. The van der Waals surface area contributed by atoms with E-state index < -0.39 is 0 Å². The quantitative estimate of drug-likeness (QED) is 0.663. The predicted octanol–water partition coefficient (Wildman–Crippen LogP) is 3.78. The van der Waals surface area contributed by atoms with Gasteiger partial charge in [0.15, 0.2) is 0 Å². The molecule has 0 saturated carbocycles. The second-order valence-corrected chi connectivity index (χ2v) is 7.54. The fraction of sp³-hybridized carbons (Fsp3) is 0.280. The van der Waals surface area contributed by atoms with Crippen molar-refractivity contribution in [2.45, 2.75) is 6.92 Å². The Morgan fingerprint density at radius 2 is 1.68 bits per heavy atom. The highest BCUT2D eigenvalue weighted by Crippen LogP contribution is 2.21. The number of likely N-dealkylation sites (N-methyl/N-ethyl adjacent to an activating group) is 1. The van der Waals surface area contributed by atoms with Crippen LogP contribution in [0.2, 0.25) is 0 Å². The molecule has 0 aliphatic carbocycles. The first-order valence-corrected chi connectivity index (χ1v) is 10.7. The Bertz CT molecular complexity index is 1050. The Labute approximate surface area is 182 Å². The Kier molecular flexibility index (Phi) is 6.48. The third-order valence-corrected chi connectivity index (χ3v) is 5.55. The summed E-state index contributed by atoms with van der Waals surface area (Å²) in [6, 6.07) is 21.2. The molecule has 1 N–H and O–H groups in total.